The second-order valence-corrected chi connectivity index (χ2v) is 3.11. The molecule has 3 nitrogen and oxygen atoms in total. The van der Waals surface area contributed by atoms with E-state index in [-0.39, 0.29) is 6.61 Å². The molecule has 0 unspecified atom stereocenters. The molecule has 1 aromatic rings. The zero-order valence-electron chi connectivity index (χ0n) is 6.95. The molecule has 0 bridgehead atoms. The maximum absolute atomic E-state index is 8.53. The Morgan fingerprint density at radius 1 is 1.58 bits per heavy atom. The highest BCUT2D eigenvalue weighted by Gasteiger charge is 1.92. The minimum absolute atomic E-state index is 0.131. The maximum atomic E-state index is 8.53. The average molecular weight is 184 g/mol. The van der Waals surface area contributed by atoms with Crippen molar-refractivity contribution in [3.8, 4) is 0 Å². The van der Waals surface area contributed by atoms with Gasteiger partial charge in [-0.2, -0.15) is 0 Å². The fourth-order valence-electron chi connectivity index (χ4n) is 0.790. The van der Waals surface area contributed by atoms with Crippen molar-refractivity contribution in [1.82, 2.24) is 4.98 Å². The van der Waals surface area contributed by atoms with E-state index in [0.717, 1.165) is 10.7 Å². The molecule has 4 heteroatoms. The van der Waals surface area contributed by atoms with E-state index in [9.17, 15) is 0 Å². The molecular formula is C8H12N2OS. The molecule has 66 valence electrons. The topological polar surface area (TPSA) is 45.1 Å². The zero-order valence-corrected chi connectivity index (χ0v) is 7.77. The van der Waals surface area contributed by atoms with Crippen LogP contribution in [0.3, 0.4) is 0 Å². The highest BCUT2D eigenvalue weighted by Crippen LogP contribution is 2.14. The third kappa shape index (κ3) is 2.71. The Kier molecular flexibility index (Phi) is 3.90. The van der Waals surface area contributed by atoms with Crippen LogP contribution in [0.25, 0.3) is 0 Å². The molecule has 1 rings (SSSR count). The molecule has 0 radical (unpaired) electrons. The minimum Gasteiger partial charge on any atom is -0.395 e. The minimum atomic E-state index is 0.131. The van der Waals surface area contributed by atoms with Crippen molar-refractivity contribution in [2.24, 2.45) is 0 Å². The van der Waals surface area contributed by atoms with Crippen molar-refractivity contribution in [1.29, 1.82) is 0 Å². The summed E-state index contributed by atoms with van der Waals surface area (Å²) < 4.78 is 0. The maximum Gasteiger partial charge on any atom is 0.126 e. The third-order valence-corrected chi connectivity index (χ3v) is 2.10. The first-order chi connectivity index (χ1) is 5.86. The monoisotopic (exact) mass is 184 g/mol. The van der Waals surface area contributed by atoms with Crippen molar-refractivity contribution >= 4 is 17.6 Å². The lowest BCUT2D eigenvalue weighted by Crippen LogP contribution is -2.06. The number of aromatic nitrogens is 1. The molecule has 0 amide bonds. The van der Waals surface area contributed by atoms with Crippen LogP contribution >= 0.6 is 11.8 Å². The highest BCUT2D eigenvalue weighted by atomic mass is 32.2. The van der Waals surface area contributed by atoms with E-state index in [2.05, 4.69) is 10.3 Å². The summed E-state index contributed by atoms with van der Waals surface area (Å²) in [4.78, 5) is 5.29. The van der Waals surface area contributed by atoms with E-state index in [1.54, 1.807) is 11.8 Å². The van der Waals surface area contributed by atoms with Crippen LogP contribution in [0, 0.1) is 0 Å². The van der Waals surface area contributed by atoms with E-state index in [4.69, 9.17) is 5.11 Å². The van der Waals surface area contributed by atoms with Gasteiger partial charge in [0.2, 0.25) is 0 Å². The molecule has 0 spiro atoms. The van der Waals surface area contributed by atoms with E-state index < -0.39 is 0 Å². The van der Waals surface area contributed by atoms with Gasteiger partial charge in [-0.15, -0.1) is 11.8 Å². The Labute approximate surface area is 76.2 Å². The number of aliphatic hydroxyl groups excluding tert-OH is 1. The fourth-order valence-corrected chi connectivity index (χ4v) is 1.15. The van der Waals surface area contributed by atoms with Crippen LogP contribution in [0.4, 0.5) is 5.82 Å². The van der Waals surface area contributed by atoms with E-state index >= 15 is 0 Å². The smallest absolute Gasteiger partial charge is 0.126 e. The van der Waals surface area contributed by atoms with Gasteiger partial charge in [-0.05, 0) is 18.4 Å². The lowest BCUT2D eigenvalue weighted by molar-refractivity contribution is 0.311. The first-order valence-electron chi connectivity index (χ1n) is 3.71. The summed E-state index contributed by atoms with van der Waals surface area (Å²) in [5, 5.41) is 11.5. The second kappa shape index (κ2) is 5.00. The van der Waals surface area contributed by atoms with Gasteiger partial charge in [0.15, 0.2) is 0 Å². The quantitative estimate of drug-likeness (QED) is 0.690. The number of pyridine rings is 1. The van der Waals surface area contributed by atoms with Gasteiger partial charge in [-0.25, -0.2) is 4.98 Å². The average Bonchev–Trinajstić information content (AvgIpc) is 2.15. The molecule has 0 fully saturated rings. The molecular weight excluding hydrogens is 172 g/mol. The lowest BCUT2D eigenvalue weighted by Gasteiger charge is -2.02. The van der Waals surface area contributed by atoms with Crippen molar-refractivity contribution in [2.45, 2.75) is 4.90 Å². The summed E-state index contributed by atoms with van der Waals surface area (Å²) in [5.41, 5.74) is 0. The number of nitrogens with zero attached hydrogens (tertiary/aromatic N) is 1. The van der Waals surface area contributed by atoms with Crippen LogP contribution in [0.5, 0.6) is 0 Å². The summed E-state index contributed by atoms with van der Waals surface area (Å²) in [6, 6.07) is 3.90. The van der Waals surface area contributed by atoms with E-state index in [0.29, 0.717) is 6.54 Å². The standard InChI is InChI=1S/C8H12N2OS/c1-12-7-2-3-8(10-6-7)9-4-5-11/h2-3,6,11H,4-5H2,1H3,(H,9,10). The van der Waals surface area contributed by atoms with Gasteiger partial charge in [0.25, 0.3) is 0 Å². The first-order valence-corrected chi connectivity index (χ1v) is 4.94. The van der Waals surface area contributed by atoms with Gasteiger partial charge in [0, 0.05) is 17.6 Å². The van der Waals surface area contributed by atoms with Crippen LogP contribution in [0.2, 0.25) is 0 Å². The van der Waals surface area contributed by atoms with Crippen LogP contribution < -0.4 is 5.32 Å². The summed E-state index contributed by atoms with van der Waals surface area (Å²) in [6.07, 6.45) is 3.82. The Balaban J connectivity index is 2.53. The van der Waals surface area contributed by atoms with Gasteiger partial charge >= 0.3 is 0 Å². The van der Waals surface area contributed by atoms with Crippen molar-refractivity contribution < 1.29 is 5.11 Å². The molecule has 0 aromatic carbocycles. The SMILES string of the molecule is CSc1ccc(NCCO)nc1. The largest absolute Gasteiger partial charge is 0.395 e. The summed E-state index contributed by atoms with van der Waals surface area (Å²) in [6.45, 7) is 0.678. The lowest BCUT2D eigenvalue weighted by atomic mass is 10.4. The zero-order chi connectivity index (χ0) is 8.81. The van der Waals surface area contributed by atoms with Crippen LogP contribution in [0.15, 0.2) is 23.2 Å². The number of hydrogen-bond acceptors (Lipinski definition) is 4. The van der Waals surface area contributed by atoms with Crippen LogP contribution in [-0.2, 0) is 0 Å². The Morgan fingerprint density at radius 2 is 2.42 bits per heavy atom. The summed E-state index contributed by atoms with van der Waals surface area (Å²) in [7, 11) is 0. The van der Waals surface area contributed by atoms with Gasteiger partial charge in [0.1, 0.15) is 5.82 Å². The number of hydrogen-bond donors (Lipinski definition) is 2. The van der Waals surface area contributed by atoms with Crippen molar-refractivity contribution in [3.05, 3.63) is 18.3 Å². The van der Waals surface area contributed by atoms with Crippen molar-refractivity contribution in [3.63, 3.8) is 0 Å². The molecule has 12 heavy (non-hydrogen) atoms. The predicted octanol–water partition coefficient (Wildman–Crippen LogP) is 1.21. The van der Waals surface area contributed by atoms with Gasteiger partial charge in [0.05, 0.1) is 6.61 Å². The van der Waals surface area contributed by atoms with E-state index in [1.807, 2.05) is 24.6 Å². The number of thioether (sulfide) groups is 1. The Bertz CT molecular complexity index is 225. The molecule has 1 heterocycles. The van der Waals surface area contributed by atoms with Gasteiger partial charge < -0.3 is 10.4 Å². The highest BCUT2D eigenvalue weighted by molar-refractivity contribution is 7.98. The second-order valence-electron chi connectivity index (χ2n) is 2.23. The number of rotatable bonds is 4. The third-order valence-electron chi connectivity index (χ3n) is 1.39. The molecule has 0 aliphatic carbocycles. The van der Waals surface area contributed by atoms with E-state index in [1.165, 1.54) is 0 Å². The Morgan fingerprint density at radius 3 is 2.92 bits per heavy atom. The van der Waals surface area contributed by atoms with Gasteiger partial charge in [-0.1, -0.05) is 0 Å². The van der Waals surface area contributed by atoms with Crippen LogP contribution in [0.1, 0.15) is 0 Å². The Hall–Kier alpha value is -0.740. The number of anilines is 1. The summed E-state index contributed by atoms with van der Waals surface area (Å²) >= 11 is 1.66. The van der Waals surface area contributed by atoms with Crippen molar-refractivity contribution in [2.75, 3.05) is 24.7 Å². The molecule has 0 aliphatic rings. The van der Waals surface area contributed by atoms with Crippen LogP contribution in [-0.4, -0.2) is 29.5 Å². The normalized spacial score (nSPS) is 9.83. The molecule has 0 atom stereocenters. The molecule has 0 aliphatic heterocycles. The van der Waals surface area contributed by atoms with Gasteiger partial charge in [-0.3, -0.25) is 0 Å². The first kappa shape index (κ1) is 9.35. The predicted molar refractivity (Wildman–Crippen MR) is 51.6 cm³/mol. The molecule has 2 N–H and O–H groups in total. The molecule has 0 saturated carbocycles. The fraction of sp³-hybridized carbons (Fsp3) is 0.375. The molecule has 0 saturated heterocycles. The number of nitrogens with one attached hydrogen (secondary N) is 1. The summed E-state index contributed by atoms with van der Waals surface area (Å²) in [5.74, 6) is 0.807. The molecule has 1 aromatic heterocycles. The number of aliphatic hydroxyl groups is 1.